The van der Waals surface area contributed by atoms with Crippen LogP contribution in [0.3, 0.4) is 0 Å². The molecule has 2 aromatic rings. The summed E-state index contributed by atoms with van der Waals surface area (Å²) in [5.74, 6) is -2.31. The van der Waals surface area contributed by atoms with Gasteiger partial charge in [-0.3, -0.25) is 14.5 Å². The molecule has 2 atom stereocenters. The number of amides is 2. The lowest BCUT2D eigenvalue weighted by atomic mass is 9.92. The van der Waals surface area contributed by atoms with Crippen LogP contribution in [0.2, 0.25) is 0 Å². The number of carboxylic acids is 1. The lowest BCUT2D eigenvalue weighted by Gasteiger charge is -2.49. The van der Waals surface area contributed by atoms with Gasteiger partial charge >= 0.3 is 5.97 Å². The zero-order valence-corrected chi connectivity index (χ0v) is 21.7. The maximum atomic E-state index is 13.2. The Kier molecular flexibility index (Phi) is 7.52. The number of fused-ring (bicyclic) bond motifs is 1. The van der Waals surface area contributed by atoms with Gasteiger partial charge in [0.25, 0.3) is 11.8 Å². The first kappa shape index (κ1) is 25.3. The zero-order chi connectivity index (χ0) is 25.9. The fourth-order valence-corrected chi connectivity index (χ4v) is 6.12. The molecular weight excluding hydrogens is 544 g/mol. The fourth-order valence-electron chi connectivity index (χ4n) is 4.25. The molecule has 1 saturated heterocycles. The largest absolute Gasteiger partial charge is 0.492 e. The second-order valence-corrected chi connectivity index (χ2v) is 11.2. The van der Waals surface area contributed by atoms with E-state index in [1.54, 1.807) is 5.51 Å². The van der Waals surface area contributed by atoms with Crippen molar-refractivity contribution >= 4 is 63.3 Å². The minimum absolute atomic E-state index is 0.00638. The Morgan fingerprint density at radius 1 is 1.35 bits per heavy atom. The minimum Gasteiger partial charge on any atom is -0.492 e. The first-order valence-corrected chi connectivity index (χ1v) is 14.0. The van der Waals surface area contributed by atoms with Crippen molar-refractivity contribution in [1.29, 1.82) is 0 Å². The van der Waals surface area contributed by atoms with E-state index < -0.39 is 29.9 Å². The van der Waals surface area contributed by atoms with Crippen LogP contribution in [0.15, 0.2) is 26.5 Å². The van der Waals surface area contributed by atoms with E-state index in [1.807, 2.05) is 0 Å². The molecule has 4 heterocycles. The third-order valence-corrected chi connectivity index (χ3v) is 8.43. The van der Waals surface area contributed by atoms with E-state index in [0.717, 1.165) is 48.5 Å². The number of hydrogen-bond donors (Lipinski definition) is 3. The number of ether oxygens (including phenoxy) is 1. The standard InChI is InChI=1S/C20H22N8O6S3/c21-19-24-15(27-37-19)13(26-34-9-4-2-1-3-5-9)16(29)23-12-10-6-33-11(7-35-20-25-22-8-36-20)14(18(31)32)28(10)17(12)30/h8-10,12H,1-7H2,(H,23,29)(H,31,32)(H2,21,24,27)/b26-13-/t10-,12+/m1/s1. The summed E-state index contributed by atoms with van der Waals surface area (Å²) in [5, 5.41) is 24.2. The molecule has 17 heteroatoms. The third-order valence-electron chi connectivity index (χ3n) is 6.02. The Labute approximate surface area is 222 Å². The van der Waals surface area contributed by atoms with E-state index in [-0.39, 0.29) is 46.6 Å². The summed E-state index contributed by atoms with van der Waals surface area (Å²) in [6, 6.07) is -1.72. The van der Waals surface area contributed by atoms with Gasteiger partial charge in [-0.2, -0.15) is 9.36 Å². The number of nitrogens with one attached hydrogen (secondary N) is 1. The molecule has 37 heavy (non-hydrogen) atoms. The van der Waals surface area contributed by atoms with Gasteiger partial charge in [0.2, 0.25) is 11.5 Å². The number of aromatic nitrogens is 4. The van der Waals surface area contributed by atoms with E-state index >= 15 is 0 Å². The number of carbonyl (C=O) groups is 3. The van der Waals surface area contributed by atoms with Crippen molar-refractivity contribution in [2.24, 2.45) is 5.16 Å². The summed E-state index contributed by atoms with van der Waals surface area (Å²) < 4.78 is 10.4. The molecule has 4 N–H and O–H groups in total. The van der Waals surface area contributed by atoms with Crippen LogP contribution >= 0.6 is 34.6 Å². The van der Waals surface area contributed by atoms with Gasteiger partial charge in [-0.25, -0.2) is 4.79 Å². The van der Waals surface area contributed by atoms with Gasteiger partial charge in [0.1, 0.15) is 36.1 Å². The van der Waals surface area contributed by atoms with E-state index in [1.165, 1.54) is 23.1 Å². The number of aliphatic carboxylic acids is 1. The third kappa shape index (κ3) is 5.37. The van der Waals surface area contributed by atoms with Gasteiger partial charge in [-0.15, -0.1) is 10.2 Å². The van der Waals surface area contributed by atoms with Crippen molar-refractivity contribution in [1.82, 2.24) is 29.8 Å². The molecule has 0 aromatic carbocycles. The van der Waals surface area contributed by atoms with Crippen LogP contribution in [-0.2, 0) is 24.0 Å². The first-order chi connectivity index (χ1) is 17.9. The number of carboxylic acid groups (broad SMARTS) is 1. The highest BCUT2D eigenvalue weighted by Crippen LogP contribution is 2.35. The Morgan fingerprint density at radius 2 is 2.16 bits per heavy atom. The SMILES string of the molecule is Nc1nc(/C(=N/OC2CCCCC2)C(=O)N[C@@H]2C(=O)N3C(C(=O)O)=C(CSc4nncs4)OC[C@H]23)ns1. The maximum Gasteiger partial charge on any atom is 0.356 e. The monoisotopic (exact) mass is 566 g/mol. The lowest BCUT2D eigenvalue weighted by Crippen LogP contribution is -2.73. The number of nitrogens with two attached hydrogens (primary N) is 1. The van der Waals surface area contributed by atoms with Gasteiger partial charge in [0.15, 0.2) is 15.2 Å². The normalized spacial score (nSPS) is 22.2. The molecule has 14 nitrogen and oxygen atoms in total. The molecule has 0 radical (unpaired) electrons. The Morgan fingerprint density at radius 3 is 2.84 bits per heavy atom. The molecule has 2 aromatic heterocycles. The average molecular weight is 567 g/mol. The van der Waals surface area contributed by atoms with Crippen molar-refractivity contribution in [3.63, 3.8) is 0 Å². The van der Waals surface area contributed by atoms with Crippen LogP contribution in [0.5, 0.6) is 0 Å². The summed E-state index contributed by atoms with van der Waals surface area (Å²) >= 11 is 3.46. The molecule has 2 aliphatic heterocycles. The number of carbonyl (C=O) groups excluding carboxylic acids is 2. The fraction of sp³-hybridized carbons (Fsp3) is 0.500. The molecule has 3 aliphatic rings. The van der Waals surface area contributed by atoms with Gasteiger partial charge < -0.3 is 25.7 Å². The number of anilines is 1. The predicted octanol–water partition coefficient (Wildman–Crippen LogP) is 0.840. The van der Waals surface area contributed by atoms with Crippen molar-refractivity contribution in [2.75, 3.05) is 18.1 Å². The molecule has 1 aliphatic carbocycles. The Hall–Kier alpha value is -3.31. The summed E-state index contributed by atoms with van der Waals surface area (Å²) in [5.41, 5.74) is 6.79. The second-order valence-electron chi connectivity index (χ2n) is 8.37. The number of oxime groups is 1. The highest BCUT2D eigenvalue weighted by molar-refractivity contribution is 8.01. The smallest absolute Gasteiger partial charge is 0.356 e. The molecule has 2 fully saturated rings. The maximum absolute atomic E-state index is 13.2. The van der Waals surface area contributed by atoms with E-state index in [9.17, 15) is 19.5 Å². The molecule has 196 valence electrons. The van der Waals surface area contributed by atoms with E-state index in [4.69, 9.17) is 15.3 Å². The van der Waals surface area contributed by atoms with E-state index in [2.05, 4.69) is 30.0 Å². The van der Waals surface area contributed by atoms with Crippen LogP contribution in [-0.4, -0.2) is 83.6 Å². The number of hydrogen-bond acceptors (Lipinski definition) is 14. The Balaban J connectivity index is 1.30. The highest BCUT2D eigenvalue weighted by Gasteiger charge is 2.55. The molecule has 5 rings (SSSR count). The zero-order valence-electron chi connectivity index (χ0n) is 19.2. The second kappa shape index (κ2) is 11.0. The number of nitrogen functional groups attached to an aromatic ring is 1. The first-order valence-electron chi connectivity index (χ1n) is 11.4. The van der Waals surface area contributed by atoms with E-state index in [0.29, 0.717) is 4.34 Å². The van der Waals surface area contributed by atoms with Crippen LogP contribution in [0.1, 0.15) is 37.9 Å². The molecule has 0 unspecified atom stereocenters. The van der Waals surface area contributed by atoms with Crippen molar-refractivity contribution in [3.8, 4) is 0 Å². The number of thioether (sulfide) groups is 1. The van der Waals surface area contributed by atoms with Crippen molar-refractivity contribution in [3.05, 3.63) is 22.8 Å². The van der Waals surface area contributed by atoms with Crippen LogP contribution in [0, 0.1) is 0 Å². The Bertz CT molecular complexity index is 1240. The van der Waals surface area contributed by atoms with Crippen LogP contribution in [0.25, 0.3) is 0 Å². The minimum atomic E-state index is -1.30. The number of β-lactam (4-membered cyclic amide) rings is 1. The van der Waals surface area contributed by atoms with Crippen LogP contribution < -0.4 is 11.1 Å². The lowest BCUT2D eigenvalue weighted by molar-refractivity contribution is -0.160. The van der Waals surface area contributed by atoms with Gasteiger partial charge in [0, 0.05) is 11.5 Å². The van der Waals surface area contributed by atoms with Crippen molar-refractivity contribution < 1.29 is 29.1 Å². The predicted molar refractivity (Wildman–Crippen MR) is 133 cm³/mol. The molecule has 1 saturated carbocycles. The van der Waals surface area contributed by atoms with Crippen molar-refractivity contribution in [2.45, 2.75) is 54.6 Å². The average Bonchev–Trinajstić information content (AvgIpc) is 3.58. The summed E-state index contributed by atoms with van der Waals surface area (Å²) in [7, 11) is 0. The highest BCUT2D eigenvalue weighted by atomic mass is 32.2. The summed E-state index contributed by atoms with van der Waals surface area (Å²) in [6.07, 6.45) is 4.67. The summed E-state index contributed by atoms with van der Waals surface area (Å²) in [4.78, 5) is 49.0. The number of rotatable bonds is 9. The topological polar surface area (TPSA) is 195 Å². The van der Waals surface area contributed by atoms with Gasteiger partial charge in [-0.05, 0) is 25.7 Å². The van der Waals surface area contributed by atoms with Gasteiger partial charge in [-0.1, -0.05) is 34.7 Å². The molecule has 2 amide bonds. The molecular formula is C20H22N8O6S3. The molecule has 0 spiro atoms. The van der Waals surface area contributed by atoms with Gasteiger partial charge in [0.05, 0.1) is 5.75 Å². The molecule has 0 bridgehead atoms. The number of nitrogens with zero attached hydrogens (tertiary/aromatic N) is 6. The van der Waals surface area contributed by atoms with Crippen LogP contribution in [0.4, 0.5) is 5.13 Å². The summed E-state index contributed by atoms with van der Waals surface area (Å²) in [6.45, 7) is 0.00638. The quantitative estimate of drug-likeness (QED) is 0.168.